The Morgan fingerprint density at radius 1 is 0.700 bits per heavy atom. The summed E-state index contributed by atoms with van der Waals surface area (Å²) >= 11 is 0. The molecule has 0 radical (unpaired) electrons. The first-order chi connectivity index (χ1) is 3.00. The Hall–Kier alpha value is 0.973. The summed E-state index contributed by atoms with van der Waals surface area (Å²) in [4.78, 5) is 0. The standard InChI is InChI=1S/C6H5.3ClH.Zr/c1-2-4-6-5-3-1;;;;/h1-5H;3*1H;/q-1;;;;+4/p-3. The summed E-state index contributed by atoms with van der Waals surface area (Å²) in [5, 5.41) is 0. The van der Waals surface area contributed by atoms with E-state index in [2.05, 4.69) is 6.07 Å². The second kappa shape index (κ2) is 16.5. The van der Waals surface area contributed by atoms with E-state index < -0.39 is 0 Å². The van der Waals surface area contributed by atoms with E-state index in [-0.39, 0.29) is 63.4 Å². The van der Waals surface area contributed by atoms with Crippen molar-refractivity contribution in [1.29, 1.82) is 0 Å². The molecular formula is C6H5Cl3Zr. The van der Waals surface area contributed by atoms with Crippen LogP contribution in [-0.2, 0) is 26.2 Å². The van der Waals surface area contributed by atoms with Crippen molar-refractivity contribution in [3.8, 4) is 0 Å². The summed E-state index contributed by atoms with van der Waals surface area (Å²) in [5.74, 6) is 0. The van der Waals surface area contributed by atoms with E-state index in [0.29, 0.717) is 0 Å². The van der Waals surface area contributed by atoms with Gasteiger partial charge in [-0.05, 0) is 0 Å². The smallest absolute Gasteiger partial charge is 1.00 e. The van der Waals surface area contributed by atoms with Gasteiger partial charge in [0.1, 0.15) is 0 Å². The zero-order chi connectivity index (χ0) is 4.24. The predicted octanol–water partition coefficient (Wildman–Crippen LogP) is -7.50. The molecule has 0 atom stereocenters. The number of halogens is 3. The van der Waals surface area contributed by atoms with Crippen molar-refractivity contribution in [3.63, 3.8) is 0 Å². The summed E-state index contributed by atoms with van der Waals surface area (Å²) in [5.41, 5.74) is 0. The van der Waals surface area contributed by atoms with Gasteiger partial charge >= 0.3 is 26.2 Å². The monoisotopic (exact) mass is 272 g/mol. The Labute approximate surface area is 99.1 Å². The molecule has 0 heterocycles. The van der Waals surface area contributed by atoms with Gasteiger partial charge in [-0.3, -0.25) is 0 Å². The van der Waals surface area contributed by atoms with Gasteiger partial charge in [0.25, 0.3) is 0 Å². The third kappa shape index (κ3) is 11.7. The molecule has 0 bridgehead atoms. The summed E-state index contributed by atoms with van der Waals surface area (Å²) in [6.45, 7) is 0. The van der Waals surface area contributed by atoms with Crippen LogP contribution < -0.4 is 37.2 Å². The van der Waals surface area contributed by atoms with Gasteiger partial charge in [-0.25, -0.2) is 0 Å². The van der Waals surface area contributed by atoms with Crippen LogP contribution >= 0.6 is 0 Å². The van der Waals surface area contributed by atoms with E-state index in [1.165, 1.54) is 0 Å². The second-order valence-electron chi connectivity index (χ2n) is 1.08. The second-order valence-corrected chi connectivity index (χ2v) is 1.08. The summed E-state index contributed by atoms with van der Waals surface area (Å²) in [7, 11) is 0. The molecule has 54 valence electrons. The van der Waals surface area contributed by atoms with Crippen LogP contribution in [-0.4, -0.2) is 0 Å². The Balaban J connectivity index is -0.0000000450. The number of hydrogen-bond donors (Lipinski definition) is 0. The van der Waals surface area contributed by atoms with Gasteiger partial charge < -0.3 is 37.2 Å². The van der Waals surface area contributed by atoms with Gasteiger partial charge in [-0.1, -0.05) is 0 Å². The van der Waals surface area contributed by atoms with Crippen LogP contribution in [0.25, 0.3) is 0 Å². The Kier molecular flexibility index (Phi) is 37.1. The van der Waals surface area contributed by atoms with Crippen molar-refractivity contribution in [2.75, 3.05) is 0 Å². The molecule has 0 aliphatic rings. The van der Waals surface area contributed by atoms with Crippen LogP contribution in [0.15, 0.2) is 30.3 Å². The van der Waals surface area contributed by atoms with Crippen molar-refractivity contribution in [1.82, 2.24) is 0 Å². The fourth-order valence-electron chi connectivity index (χ4n) is 0.342. The molecule has 1 rings (SSSR count). The Morgan fingerprint density at radius 3 is 1.20 bits per heavy atom. The molecule has 10 heavy (non-hydrogen) atoms. The molecule has 0 aromatic heterocycles. The maximum Gasteiger partial charge on any atom is 4.00 e. The van der Waals surface area contributed by atoms with E-state index in [1.54, 1.807) is 0 Å². The van der Waals surface area contributed by atoms with Gasteiger partial charge in [0, 0.05) is 0 Å². The zero-order valence-corrected chi connectivity index (χ0v) is 9.75. The molecule has 0 spiro atoms. The van der Waals surface area contributed by atoms with Crippen LogP contribution in [0.5, 0.6) is 0 Å². The number of benzene rings is 1. The van der Waals surface area contributed by atoms with Crippen LogP contribution in [0.3, 0.4) is 0 Å². The molecule has 0 aliphatic heterocycles. The van der Waals surface area contributed by atoms with E-state index in [0.717, 1.165) is 0 Å². The van der Waals surface area contributed by atoms with E-state index in [9.17, 15) is 0 Å². The molecular weight excluding hydrogens is 270 g/mol. The Bertz CT molecular complexity index is 84.9. The number of rotatable bonds is 0. The minimum atomic E-state index is 0. The molecule has 4 heteroatoms. The minimum Gasteiger partial charge on any atom is -1.00 e. The molecule has 1 aromatic carbocycles. The van der Waals surface area contributed by atoms with Gasteiger partial charge in [0.05, 0.1) is 0 Å². The molecule has 0 N–H and O–H groups in total. The van der Waals surface area contributed by atoms with Gasteiger partial charge in [-0.15, -0.1) is 0 Å². The molecule has 0 saturated carbocycles. The van der Waals surface area contributed by atoms with Gasteiger partial charge in [-0.2, -0.15) is 36.4 Å². The number of hydrogen-bond acceptors (Lipinski definition) is 0. The fourth-order valence-corrected chi connectivity index (χ4v) is 0.342. The average Bonchev–Trinajstić information content (AvgIpc) is 1.72. The molecule has 0 fully saturated rings. The third-order valence-corrected chi connectivity index (χ3v) is 0.607. The average molecular weight is 275 g/mol. The molecule has 0 unspecified atom stereocenters. The van der Waals surface area contributed by atoms with E-state index in [4.69, 9.17) is 0 Å². The van der Waals surface area contributed by atoms with Crippen LogP contribution in [0.2, 0.25) is 0 Å². The SMILES string of the molecule is [Cl-].[Cl-].[Cl-].[Zr+4].[c-]1ccccc1. The van der Waals surface area contributed by atoms with Gasteiger partial charge in [0.15, 0.2) is 0 Å². The molecule has 0 saturated heterocycles. The van der Waals surface area contributed by atoms with Crippen molar-refractivity contribution in [3.05, 3.63) is 36.4 Å². The quantitative estimate of drug-likeness (QED) is 0.413. The third-order valence-electron chi connectivity index (χ3n) is 0.607. The maximum atomic E-state index is 2.89. The predicted molar refractivity (Wildman–Crippen MR) is 25.3 cm³/mol. The van der Waals surface area contributed by atoms with Crippen molar-refractivity contribution in [2.45, 2.75) is 0 Å². The summed E-state index contributed by atoms with van der Waals surface area (Å²) < 4.78 is 0. The van der Waals surface area contributed by atoms with Crippen LogP contribution in [0.1, 0.15) is 0 Å². The first-order valence-corrected chi connectivity index (χ1v) is 1.91. The van der Waals surface area contributed by atoms with E-state index >= 15 is 0 Å². The molecule has 0 amide bonds. The largest absolute Gasteiger partial charge is 4.00 e. The molecule has 0 nitrogen and oxygen atoms in total. The first kappa shape index (κ1) is 22.4. The molecule has 0 aliphatic carbocycles. The molecule has 1 aromatic rings. The first-order valence-electron chi connectivity index (χ1n) is 1.91. The van der Waals surface area contributed by atoms with Gasteiger partial charge in [0.2, 0.25) is 0 Å². The Morgan fingerprint density at radius 2 is 1.10 bits per heavy atom. The maximum absolute atomic E-state index is 2.89. The fraction of sp³-hybridized carbons (Fsp3) is 0. The van der Waals surface area contributed by atoms with E-state index in [1.807, 2.05) is 30.3 Å². The normalized spacial score (nSPS) is 4.80. The van der Waals surface area contributed by atoms with Crippen LogP contribution in [0.4, 0.5) is 0 Å². The minimum absolute atomic E-state index is 0. The van der Waals surface area contributed by atoms with Crippen molar-refractivity contribution >= 4 is 0 Å². The summed E-state index contributed by atoms with van der Waals surface area (Å²) in [6, 6.07) is 12.5. The topological polar surface area (TPSA) is 0 Å². The van der Waals surface area contributed by atoms with Crippen molar-refractivity contribution in [2.24, 2.45) is 0 Å². The zero-order valence-electron chi connectivity index (χ0n) is 5.02. The van der Waals surface area contributed by atoms with Crippen molar-refractivity contribution < 1.29 is 63.4 Å². The summed E-state index contributed by atoms with van der Waals surface area (Å²) in [6.07, 6.45) is 0. The van der Waals surface area contributed by atoms with Crippen LogP contribution in [0, 0.1) is 6.07 Å².